The van der Waals surface area contributed by atoms with Crippen molar-refractivity contribution in [2.75, 3.05) is 13.2 Å². The number of ether oxygens (including phenoxy) is 3. The Balaban J connectivity index is 4.24. The predicted octanol–water partition coefficient (Wildman–Crippen LogP) is 24.1. The molecule has 464 valence electrons. The van der Waals surface area contributed by atoms with Gasteiger partial charge in [0.25, 0.3) is 0 Å². The number of hydrogen-bond acceptors (Lipinski definition) is 6. The first-order valence-corrected chi connectivity index (χ1v) is 34.9. The lowest BCUT2D eigenvalue weighted by molar-refractivity contribution is -0.167. The smallest absolute Gasteiger partial charge is 0.306 e. The first-order chi connectivity index (χ1) is 39.5. The molecule has 0 rings (SSSR count). The third-order valence-electron chi connectivity index (χ3n) is 15.4. The molecule has 0 saturated heterocycles. The number of carbonyl (C=O) groups excluding carboxylic acids is 3. The van der Waals surface area contributed by atoms with Crippen molar-refractivity contribution < 1.29 is 28.6 Å². The summed E-state index contributed by atoms with van der Waals surface area (Å²) in [5.41, 5.74) is 0. The minimum absolute atomic E-state index is 0.0714. The predicted molar refractivity (Wildman–Crippen MR) is 348 cm³/mol. The molecule has 0 aliphatic rings. The summed E-state index contributed by atoms with van der Waals surface area (Å²) >= 11 is 0. The summed E-state index contributed by atoms with van der Waals surface area (Å²) in [7, 11) is 0. The van der Waals surface area contributed by atoms with Crippen LogP contribution in [0.1, 0.15) is 361 Å². The van der Waals surface area contributed by atoms with Gasteiger partial charge in [-0.25, -0.2) is 0 Å². The third kappa shape index (κ3) is 65.7. The normalized spacial score (nSPS) is 12.5. The molecule has 6 nitrogen and oxygen atoms in total. The molecular formula is C74H132O6. The number of allylic oxidation sites excluding steroid dienone is 12. The van der Waals surface area contributed by atoms with E-state index in [4.69, 9.17) is 14.2 Å². The van der Waals surface area contributed by atoms with Crippen molar-refractivity contribution in [1.29, 1.82) is 0 Å². The molecule has 0 aromatic heterocycles. The molecule has 0 amide bonds. The Morgan fingerprint density at radius 1 is 0.263 bits per heavy atom. The van der Waals surface area contributed by atoms with E-state index in [1.807, 2.05) is 0 Å². The second-order valence-corrected chi connectivity index (χ2v) is 23.4. The zero-order valence-electron chi connectivity index (χ0n) is 53.3. The topological polar surface area (TPSA) is 78.9 Å². The highest BCUT2D eigenvalue weighted by atomic mass is 16.6. The van der Waals surface area contributed by atoms with E-state index < -0.39 is 6.10 Å². The maximum absolute atomic E-state index is 13.0. The SMILES string of the molecule is CC/C=C\C/C=C\C/C=C\C/C=C\CCCCCCCCCCCCCCC(=O)OCC(COC(=O)CCCCCCCCCCCCCC)OC(=O)CCCCCCCCCCCCCCC/C=C\C/C=C\CCCCCCC. The molecule has 80 heavy (non-hydrogen) atoms. The van der Waals surface area contributed by atoms with Crippen LogP contribution in [0.3, 0.4) is 0 Å². The van der Waals surface area contributed by atoms with Gasteiger partial charge in [0.2, 0.25) is 0 Å². The number of esters is 3. The van der Waals surface area contributed by atoms with Crippen molar-refractivity contribution in [3.8, 4) is 0 Å². The van der Waals surface area contributed by atoms with Crippen LogP contribution >= 0.6 is 0 Å². The van der Waals surface area contributed by atoms with Gasteiger partial charge in [-0.05, 0) is 89.9 Å². The van der Waals surface area contributed by atoms with Gasteiger partial charge in [0, 0.05) is 19.3 Å². The number of carbonyl (C=O) groups is 3. The molecule has 1 atom stereocenters. The highest BCUT2D eigenvalue weighted by Gasteiger charge is 2.19. The Morgan fingerprint density at radius 2 is 0.487 bits per heavy atom. The molecule has 0 aliphatic heterocycles. The molecule has 0 bridgehead atoms. The van der Waals surface area contributed by atoms with Crippen molar-refractivity contribution >= 4 is 17.9 Å². The van der Waals surface area contributed by atoms with Crippen LogP contribution in [0.15, 0.2) is 72.9 Å². The Labute approximate surface area is 497 Å². The lowest BCUT2D eigenvalue weighted by Gasteiger charge is -2.18. The maximum atomic E-state index is 13.0. The second-order valence-electron chi connectivity index (χ2n) is 23.4. The molecule has 1 unspecified atom stereocenters. The standard InChI is InChI=1S/C74H132O6/c1-4-7-10-13-16-19-22-25-27-29-31-33-35-37-39-41-43-45-47-49-52-55-58-61-64-67-73(76)79-70-71(69-78-72(75)66-63-60-57-54-51-24-21-18-15-12-9-6-3)80-74(77)68-65-62-59-56-53-50-48-46-44-42-40-38-36-34-32-30-28-26-23-20-17-14-11-8-5-2/h7,10,16,19,23,25-27,30-33,71H,4-6,8-9,11-15,17-18,20-22,24,28-29,34-70H2,1-3H3/b10-7-,19-16-,26-23-,27-25-,32-30-,33-31-. The zero-order chi connectivity index (χ0) is 57.8. The van der Waals surface area contributed by atoms with E-state index in [1.165, 1.54) is 231 Å². The fourth-order valence-corrected chi connectivity index (χ4v) is 10.2. The Bertz CT molecular complexity index is 1470. The molecule has 0 radical (unpaired) electrons. The maximum Gasteiger partial charge on any atom is 0.306 e. The fourth-order valence-electron chi connectivity index (χ4n) is 10.2. The first-order valence-electron chi connectivity index (χ1n) is 34.9. The monoisotopic (exact) mass is 1120 g/mol. The number of rotatable bonds is 64. The van der Waals surface area contributed by atoms with Crippen molar-refractivity contribution in [3.05, 3.63) is 72.9 Å². The largest absolute Gasteiger partial charge is 0.462 e. The molecule has 0 aromatic rings. The summed E-state index contributed by atoms with van der Waals surface area (Å²) in [4.78, 5) is 38.4. The van der Waals surface area contributed by atoms with Crippen LogP contribution in [0, 0.1) is 0 Å². The Hall–Kier alpha value is -3.15. The van der Waals surface area contributed by atoms with Gasteiger partial charge in [-0.15, -0.1) is 0 Å². The van der Waals surface area contributed by atoms with Crippen LogP contribution in [0.5, 0.6) is 0 Å². The van der Waals surface area contributed by atoms with Crippen LogP contribution in [-0.4, -0.2) is 37.2 Å². The lowest BCUT2D eigenvalue weighted by Crippen LogP contribution is -2.30. The van der Waals surface area contributed by atoms with E-state index in [0.717, 1.165) is 89.9 Å². The molecule has 0 fully saturated rings. The van der Waals surface area contributed by atoms with Gasteiger partial charge in [-0.1, -0.05) is 325 Å². The summed E-state index contributed by atoms with van der Waals surface area (Å²) in [6, 6.07) is 0. The summed E-state index contributed by atoms with van der Waals surface area (Å²) in [5.74, 6) is -0.853. The first kappa shape index (κ1) is 76.9. The summed E-state index contributed by atoms with van der Waals surface area (Å²) < 4.78 is 17.0. The summed E-state index contributed by atoms with van der Waals surface area (Å²) in [5, 5.41) is 0. The lowest BCUT2D eigenvalue weighted by atomic mass is 10.0. The van der Waals surface area contributed by atoms with Crippen molar-refractivity contribution in [2.24, 2.45) is 0 Å². The van der Waals surface area contributed by atoms with Gasteiger partial charge in [0.05, 0.1) is 0 Å². The molecule has 0 aromatic carbocycles. The summed E-state index contributed by atoms with van der Waals surface area (Å²) in [6.45, 7) is 6.56. The Kier molecular flexibility index (Phi) is 65.7. The second kappa shape index (κ2) is 68.3. The minimum atomic E-state index is -0.775. The van der Waals surface area contributed by atoms with Crippen LogP contribution in [0.2, 0.25) is 0 Å². The molecule has 0 heterocycles. The van der Waals surface area contributed by atoms with Gasteiger partial charge in [0.15, 0.2) is 6.10 Å². The van der Waals surface area contributed by atoms with E-state index in [0.29, 0.717) is 19.3 Å². The molecule has 6 heteroatoms. The number of unbranched alkanes of at least 4 members (excludes halogenated alkanes) is 41. The average molecular weight is 1120 g/mol. The van der Waals surface area contributed by atoms with Crippen LogP contribution in [-0.2, 0) is 28.6 Å². The van der Waals surface area contributed by atoms with E-state index in [2.05, 4.69) is 93.7 Å². The van der Waals surface area contributed by atoms with Crippen molar-refractivity contribution in [3.63, 3.8) is 0 Å². The Morgan fingerprint density at radius 3 is 0.762 bits per heavy atom. The molecule has 0 spiro atoms. The molecule has 0 saturated carbocycles. The fraction of sp³-hybridized carbons (Fsp3) is 0.797. The van der Waals surface area contributed by atoms with Gasteiger partial charge in [-0.2, -0.15) is 0 Å². The zero-order valence-corrected chi connectivity index (χ0v) is 53.3. The third-order valence-corrected chi connectivity index (χ3v) is 15.4. The highest BCUT2D eigenvalue weighted by Crippen LogP contribution is 2.18. The van der Waals surface area contributed by atoms with Crippen LogP contribution in [0.25, 0.3) is 0 Å². The molecule has 0 aliphatic carbocycles. The molecular weight excluding hydrogens is 985 g/mol. The summed E-state index contributed by atoms with van der Waals surface area (Å²) in [6.07, 6.45) is 89.2. The van der Waals surface area contributed by atoms with Crippen molar-refractivity contribution in [2.45, 2.75) is 367 Å². The van der Waals surface area contributed by atoms with Gasteiger partial charge in [-0.3, -0.25) is 14.4 Å². The van der Waals surface area contributed by atoms with Gasteiger partial charge < -0.3 is 14.2 Å². The van der Waals surface area contributed by atoms with Crippen LogP contribution in [0.4, 0.5) is 0 Å². The quantitative estimate of drug-likeness (QED) is 0.0261. The van der Waals surface area contributed by atoms with Gasteiger partial charge in [0.1, 0.15) is 13.2 Å². The minimum Gasteiger partial charge on any atom is -0.462 e. The average Bonchev–Trinajstić information content (AvgIpc) is 3.46. The van der Waals surface area contributed by atoms with E-state index >= 15 is 0 Å². The van der Waals surface area contributed by atoms with E-state index in [1.54, 1.807) is 0 Å². The molecule has 0 N–H and O–H groups in total. The highest BCUT2D eigenvalue weighted by molar-refractivity contribution is 5.71. The number of hydrogen-bond donors (Lipinski definition) is 0. The van der Waals surface area contributed by atoms with Gasteiger partial charge >= 0.3 is 17.9 Å². The van der Waals surface area contributed by atoms with E-state index in [9.17, 15) is 14.4 Å². The van der Waals surface area contributed by atoms with Crippen LogP contribution < -0.4 is 0 Å². The van der Waals surface area contributed by atoms with Crippen molar-refractivity contribution in [1.82, 2.24) is 0 Å². The van der Waals surface area contributed by atoms with E-state index in [-0.39, 0.29) is 31.1 Å².